The SMILES string of the molecule is CCN(CC)[Si](C[SiH2]C=C(C)C)(N(CC)CC)N(CC)CC. The van der Waals surface area contributed by atoms with Gasteiger partial charge in [0.2, 0.25) is 0 Å². The standard InChI is InChI=1S/C17H41N3Si2/c1-9-18(10-2)22(19(11-3)12-4,20(13-5)14-6)16-21-15-17(7)8/h15H,9-14,16,21H2,1-8H3. The van der Waals surface area contributed by atoms with Crippen molar-refractivity contribution in [2.45, 2.75) is 61.1 Å². The van der Waals surface area contributed by atoms with E-state index < -0.39 is 8.56 Å². The van der Waals surface area contributed by atoms with Gasteiger partial charge in [-0.05, 0) is 58.8 Å². The maximum Gasteiger partial charge on any atom is 0.286 e. The first-order valence-corrected chi connectivity index (χ1v) is 13.2. The summed E-state index contributed by atoms with van der Waals surface area (Å²) in [6.07, 6.45) is 0. The maximum atomic E-state index is 2.83. The zero-order valence-corrected chi connectivity index (χ0v) is 19.0. The smallest absolute Gasteiger partial charge is 0.286 e. The van der Waals surface area contributed by atoms with Crippen LogP contribution in [-0.2, 0) is 0 Å². The molecule has 0 radical (unpaired) electrons. The minimum Gasteiger partial charge on any atom is -0.300 e. The van der Waals surface area contributed by atoms with Crippen LogP contribution in [0, 0.1) is 0 Å². The normalized spacial score (nSPS) is 13.0. The molecule has 3 nitrogen and oxygen atoms in total. The summed E-state index contributed by atoms with van der Waals surface area (Å²) < 4.78 is 8.50. The summed E-state index contributed by atoms with van der Waals surface area (Å²) >= 11 is 0. The van der Waals surface area contributed by atoms with Crippen LogP contribution in [0.3, 0.4) is 0 Å². The topological polar surface area (TPSA) is 9.72 Å². The van der Waals surface area contributed by atoms with Crippen LogP contribution in [-0.4, -0.2) is 71.0 Å². The molecule has 132 valence electrons. The van der Waals surface area contributed by atoms with E-state index in [4.69, 9.17) is 0 Å². The molecule has 0 aromatic rings. The monoisotopic (exact) mass is 343 g/mol. The van der Waals surface area contributed by atoms with E-state index in [2.05, 4.69) is 74.8 Å². The molecule has 0 atom stereocenters. The quantitative estimate of drug-likeness (QED) is 0.504. The van der Waals surface area contributed by atoms with Gasteiger partial charge in [-0.15, -0.1) is 5.70 Å². The molecule has 0 saturated carbocycles. The lowest BCUT2D eigenvalue weighted by atomic mass is 10.4. The van der Waals surface area contributed by atoms with Gasteiger partial charge in [-0.3, -0.25) is 0 Å². The lowest BCUT2D eigenvalue weighted by molar-refractivity contribution is 0.266. The fourth-order valence-corrected chi connectivity index (χ4v) is 14.6. The molecule has 5 heteroatoms. The summed E-state index contributed by atoms with van der Waals surface area (Å²) in [6, 6.07) is 0. The van der Waals surface area contributed by atoms with Crippen LogP contribution in [0.25, 0.3) is 0 Å². The number of rotatable bonds is 12. The Hall–Kier alpha value is 0.0538. The molecule has 0 spiro atoms. The third-order valence-corrected chi connectivity index (χ3v) is 14.7. The van der Waals surface area contributed by atoms with Crippen molar-refractivity contribution in [1.82, 2.24) is 13.7 Å². The second-order valence-corrected chi connectivity index (χ2v) is 12.5. The molecule has 0 aromatic heterocycles. The first kappa shape index (κ1) is 22.1. The highest BCUT2D eigenvalue weighted by atomic mass is 28.4. The van der Waals surface area contributed by atoms with Crippen LogP contribution in [0.2, 0.25) is 5.67 Å². The van der Waals surface area contributed by atoms with Crippen molar-refractivity contribution in [2.75, 3.05) is 39.3 Å². The van der Waals surface area contributed by atoms with E-state index in [-0.39, 0.29) is 9.52 Å². The Morgan fingerprint density at radius 1 is 0.727 bits per heavy atom. The van der Waals surface area contributed by atoms with E-state index in [0.717, 1.165) is 0 Å². The predicted octanol–water partition coefficient (Wildman–Crippen LogP) is 3.00. The van der Waals surface area contributed by atoms with Gasteiger partial charge in [0.1, 0.15) is 0 Å². The third-order valence-electron chi connectivity index (χ3n) is 4.84. The molecule has 0 rings (SSSR count). The van der Waals surface area contributed by atoms with Crippen LogP contribution < -0.4 is 0 Å². The summed E-state index contributed by atoms with van der Waals surface area (Å²) in [7, 11) is -1.88. The average Bonchev–Trinajstić information content (AvgIpc) is 2.50. The van der Waals surface area contributed by atoms with E-state index in [0.29, 0.717) is 0 Å². The van der Waals surface area contributed by atoms with Crippen molar-refractivity contribution in [3.05, 3.63) is 11.3 Å². The van der Waals surface area contributed by atoms with Crippen LogP contribution >= 0.6 is 0 Å². The second kappa shape index (κ2) is 11.6. The van der Waals surface area contributed by atoms with Gasteiger partial charge in [0.15, 0.2) is 0 Å². The zero-order chi connectivity index (χ0) is 17.2. The van der Waals surface area contributed by atoms with Gasteiger partial charge >= 0.3 is 0 Å². The van der Waals surface area contributed by atoms with Gasteiger partial charge < -0.3 is 13.7 Å². The molecule has 0 aromatic carbocycles. The van der Waals surface area contributed by atoms with E-state index in [1.807, 2.05) is 0 Å². The molecular formula is C17H41N3Si2. The summed E-state index contributed by atoms with van der Waals surface area (Å²) in [5, 5.41) is 0. The number of nitrogens with zero attached hydrogens (tertiary/aromatic N) is 3. The molecule has 0 amide bonds. The molecule has 22 heavy (non-hydrogen) atoms. The Kier molecular flexibility index (Phi) is 11.6. The lowest BCUT2D eigenvalue weighted by Gasteiger charge is -2.53. The highest BCUT2D eigenvalue weighted by Gasteiger charge is 2.47. The molecule has 0 N–H and O–H groups in total. The Bertz CT molecular complexity index is 274. The molecule has 0 aliphatic carbocycles. The van der Waals surface area contributed by atoms with Crippen LogP contribution in [0.1, 0.15) is 55.4 Å². The molecule has 0 heterocycles. The van der Waals surface area contributed by atoms with Gasteiger partial charge in [0, 0.05) is 9.52 Å². The van der Waals surface area contributed by atoms with E-state index >= 15 is 0 Å². The van der Waals surface area contributed by atoms with Crippen LogP contribution in [0.4, 0.5) is 0 Å². The van der Waals surface area contributed by atoms with Crippen molar-refractivity contribution < 1.29 is 0 Å². The highest BCUT2D eigenvalue weighted by molar-refractivity contribution is 6.80. The molecule has 0 aliphatic rings. The van der Waals surface area contributed by atoms with Crippen molar-refractivity contribution in [2.24, 2.45) is 0 Å². The summed E-state index contributed by atoms with van der Waals surface area (Å²) in [6.45, 7) is 25.7. The Labute approximate surface area is 143 Å². The van der Waals surface area contributed by atoms with Crippen molar-refractivity contribution in [3.8, 4) is 0 Å². The van der Waals surface area contributed by atoms with E-state index in [1.54, 1.807) is 0 Å². The maximum absolute atomic E-state index is 2.83. The van der Waals surface area contributed by atoms with E-state index in [9.17, 15) is 0 Å². The summed E-state index contributed by atoms with van der Waals surface area (Å²) in [4.78, 5) is 0. The molecule has 0 bridgehead atoms. The van der Waals surface area contributed by atoms with Crippen molar-refractivity contribution >= 4 is 18.1 Å². The van der Waals surface area contributed by atoms with Gasteiger partial charge in [0.25, 0.3) is 8.56 Å². The predicted molar refractivity (Wildman–Crippen MR) is 107 cm³/mol. The Morgan fingerprint density at radius 3 is 1.27 bits per heavy atom. The van der Waals surface area contributed by atoms with Crippen molar-refractivity contribution in [3.63, 3.8) is 0 Å². The third kappa shape index (κ3) is 5.30. The first-order chi connectivity index (χ1) is 10.5. The van der Waals surface area contributed by atoms with Gasteiger partial charge in [0.05, 0.1) is 0 Å². The minimum atomic E-state index is -1.73. The van der Waals surface area contributed by atoms with Crippen LogP contribution in [0.5, 0.6) is 0 Å². The fourth-order valence-electron chi connectivity index (χ4n) is 3.82. The molecule has 0 saturated heterocycles. The second-order valence-electron chi connectivity index (χ2n) is 6.11. The molecule has 0 unspecified atom stereocenters. The lowest BCUT2D eigenvalue weighted by Crippen LogP contribution is -2.75. The molecular weight excluding hydrogens is 302 g/mol. The summed E-state index contributed by atoms with van der Waals surface area (Å²) in [5.74, 6) is 0. The van der Waals surface area contributed by atoms with Crippen molar-refractivity contribution in [1.29, 1.82) is 0 Å². The number of hydrogen-bond acceptors (Lipinski definition) is 3. The first-order valence-electron chi connectivity index (χ1n) is 9.36. The minimum absolute atomic E-state index is 0.150. The summed E-state index contributed by atoms with van der Waals surface area (Å²) in [5.41, 5.74) is 5.52. The van der Waals surface area contributed by atoms with Gasteiger partial charge in [-0.25, -0.2) is 0 Å². The fraction of sp³-hybridized carbons (Fsp3) is 0.882. The number of hydrogen-bond donors (Lipinski definition) is 0. The molecule has 0 aliphatic heterocycles. The van der Waals surface area contributed by atoms with Crippen LogP contribution in [0.15, 0.2) is 11.3 Å². The average molecular weight is 344 g/mol. The Balaban J connectivity index is 5.82. The number of allylic oxidation sites excluding steroid dienone is 1. The zero-order valence-electron chi connectivity index (χ0n) is 16.6. The Morgan fingerprint density at radius 2 is 1.05 bits per heavy atom. The molecule has 0 fully saturated rings. The largest absolute Gasteiger partial charge is 0.300 e. The highest BCUT2D eigenvalue weighted by Crippen LogP contribution is 2.25. The van der Waals surface area contributed by atoms with E-state index in [1.165, 1.54) is 50.5 Å². The van der Waals surface area contributed by atoms with Gasteiger partial charge in [-0.2, -0.15) is 0 Å². The van der Waals surface area contributed by atoms with Gasteiger partial charge in [-0.1, -0.05) is 47.1 Å².